The van der Waals surface area contributed by atoms with Gasteiger partial charge in [0.1, 0.15) is 0 Å². The van der Waals surface area contributed by atoms with Crippen LogP contribution >= 0.6 is 0 Å². The van der Waals surface area contributed by atoms with Gasteiger partial charge in [0.25, 0.3) is 5.91 Å². The van der Waals surface area contributed by atoms with Crippen LogP contribution in [0.1, 0.15) is 37.0 Å². The minimum Gasteiger partial charge on any atom is -0.469 e. The molecule has 1 rings (SSSR count). The van der Waals surface area contributed by atoms with Crippen LogP contribution in [0.3, 0.4) is 0 Å². The summed E-state index contributed by atoms with van der Waals surface area (Å²) in [5.41, 5.74) is 0.0247. The van der Waals surface area contributed by atoms with Gasteiger partial charge in [0.15, 0.2) is 6.61 Å². The van der Waals surface area contributed by atoms with Crippen molar-refractivity contribution in [1.82, 2.24) is 9.62 Å². The fourth-order valence-corrected chi connectivity index (χ4v) is 3.47. The average molecular weight is 414 g/mol. The summed E-state index contributed by atoms with van der Waals surface area (Å²) in [7, 11) is -1.01. The first-order valence-corrected chi connectivity index (χ1v) is 10.1. The zero-order valence-electron chi connectivity index (χ0n) is 16.4. The molecule has 1 aromatic carbocycles. The first-order valence-electron chi connectivity index (χ1n) is 8.68. The molecule has 0 saturated heterocycles. The summed E-state index contributed by atoms with van der Waals surface area (Å²) in [6.45, 7) is 3.19. The molecule has 0 atom stereocenters. The second-order valence-corrected chi connectivity index (χ2v) is 8.25. The molecule has 0 aliphatic rings. The lowest BCUT2D eigenvalue weighted by molar-refractivity contribution is -0.140. The Hall–Kier alpha value is -2.46. The number of rotatable bonds is 10. The number of esters is 2. The number of hydrogen-bond donors (Lipinski definition) is 1. The second kappa shape index (κ2) is 10.8. The van der Waals surface area contributed by atoms with Crippen LogP contribution in [0.4, 0.5) is 0 Å². The summed E-state index contributed by atoms with van der Waals surface area (Å²) >= 11 is 0. The summed E-state index contributed by atoms with van der Waals surface area (Å²) < 4.78 is 35.6. The fraction of sp³-hybridized carbons (Fsp3) is 0.500. The highest BCUT2D eigenvalue weighted by Crippen LogP contribution is 2.18. The van der Waals surface area contributed by atoms with Crippen molar-refractivity contribution in [2.24, 2.45) is 0 Å². The molecule has 1 N–H and O–H groups in total. The van der Waals surface area contributed by atoms with Crippen LogP contribution in [-0.2, 0) is 29.1 Å². The second-order valence-electron chi connectivity index (χ2n) is 6.25. The number of nitrogens with zero attached hydrogens (tertiary/aromatic N) is 1. The molecule has 0 aromatic heterocycles. The van der Waals surface area contributed by atoms with Crippen LogP contribution in [0.2, 0.25) is 0 Å². The molecule has 0 radical (unpaired) electrons. The largest absolute Gasteiger partial charge is 0.469 e. The van der Waals surface area contributed by atoms with Gasteiger partial charge in [-0.2, -0.15) is 4.31 Å². The summed E-state index contributed by atoms with van der Waals surface area (Å²) in [5, 5.41) is 2.51. The highest BCUT2D eigenvalue weighted by atomic mass is 32.2. The number of benzene rings is 1. The van der Waals surface area contributed by atoms with E-state index in [0.29, 0.717) is 6.42 Å². The minimum atomic E-state index is -3.74. The van der Waals surface area contributed by atoms with Crippen molar-refractivity contribution in [1.29, 1.82) is 0 Å². The first-order chi connectivity index (χ1) is 13.1. The molecular formula is C18H26N2O7S. The van der Waals surface area contributed by atoms with Crippen LogP contribution in [0, 0.1) is 0 Å². The van der Waals surface area contributed by atoms with Crippen LogP contribution in [0.5, 0.6) is 0 Å². The monoisotopic (exact) mass is 414 g/mol. The standard InChI is InChI=1S/C18H26N2O7S/c1-13(2)20(3)28(24,25)15-8-5-7-14(11-15)18(23)27-12-16(21)19-10-6-9-17(22)26-4/h5,7-8,11,13H,6,9-10,12H2,1-4H3,(H,19,21). The Morgan fingerprint density at radius 1 is 1.21 bits per heavy atom. The van der Waals surface area contributed by atoms with E-state index in [1.165, 1.54) is 42.7 Å². The van der Waals surface area contributed by atoms with Crippen LogP contribution in [0.15, 0.2) is 29.2 Å². The van der Waals surface area contributed by atoms with Crippen LogP contribution in [-0.4, -0.2) is 63.9 Å². The van der Waals surface area contributed by atoms with Gasteiger partial charge in [-0.05, 0) is 38.5 Å². The Kier molecular flexibility index (Phi) is 9.07. The quantitative estimate of drug-likeness (QED) is 0.447. The van der Waals surface area contributed by atoms with E-state index < -0.39 is 28.5 Å². The maximum absolute atomic E-state index is 12.5. The fourth-order valence-electron chi connectivity index (χ4n) is 2.06. The maximum Gasteiger partial charge on any atom is 0.338 e. The SMILES string of the molecule is COC(=O)CCCNC(=O)COC(=O)c1cccc(S(=O)(=O)N(C)C(C)C)c1. The normalized spacial score (nSPS) is 11.4. The predicted molar refractivity (Wildman–Crippen MR) is 101 cm³/mol. The number of ether oxygens (including phenoxy) is 2. The number of carbonyl (C=O) groups is 3. The van der Waals surface area contributed by atoms with Gasteiger partial charge in [-0.25, -0.2) is 13.2 Å². The predicted octanol–water partition coefficient (Wildman–Crippen LogP) is 0.942. The molecule has 0 aliphatic heterocycles. The molecule has 0 saturated carbocycles. The van der Waals surface area contributed by atoms with E-state index in [4.69, 9.17) is 4.74 Å². The summed E-state index contributed by atoms with van der Waals surface area (Å²) in [6, 6.07) is 5.20. The highest BCUT2D eigenvalue weighted by Gasteiger charge is 2.24. The van der Waals surface area contributed by atoms with Gasteiger partial charge >= 0.3 is 11.9 Å². The smallest absolute Gasteiger partial charge is 0.338 e. The molecule has 156 valence electrons. The highest BCUT2D eigenvalue weighted by molar-refractivity contribution is 7.89. The van der Waals surface area contributed by atoms with Gasteiger partial charge in [0.2, 0.25) is 10.0 Å². The van der Waals surface area contributed by atoms with E-state index in [1.54, 1.807) is 13.8 Å². The van der Waals surface area contributed by atoms with Gasteiger partial charge in [-0.1, -0.05) is 6.07 Å². The van der Waals surface area contributed by atoms with Gasteiger partial charge in [-0.3, -0.25) is 9.59 Å². The minimum absolute atomic E-state index is 0.0247. The lowest BCUT2D eigenvalue weighted by atomic mass is 10.2. The molecule has 28 heavy (non-hydrogen) atoms. The van der Waals surface area contributed by atoms with Crippen molar-refractivity contribution < 1.29 is 32.3 Å². The molecule has 0 heterocycles. The van der Waals surface area contributed by atoms with E-state index in [9.17, 15) is 22.8 Å². The zero-order chi connectivity index (χ0) is 21.3. The Bertz CT molecular complexity index is 806. The molecular weight excluding hydrogens is 388 g/mol. The Labute approximate surface area is 165 Å². The van der Waals surface area contributed by atoms with Gasteiger partial charge < -0.3 is 14.8 Å². The number of methoxy groups -OCH3 is 1. The third-order valence-corrected chi connectivity index (χ3v) is 5.95. The summed E-state index contributed by atoms with van der Waals surface area (Å²) in [5.74, 6) is -1.71. The van der Waals surface area contributed by atoms with Crippen LogP contribution in [0.25, 0.3) is 0 Å². The molecule has 1 aromatic rings. The number of nitrogens with one attached hydrogen (secondary N) is 1. The first kappa shape index (κ1) is 23.6. The number of sulfonamides is 1. The van der Waals surface area contributed by atoms with Crippen molar-refractivity contribution >= 4 is 27.9 Å². The van der Waals surface area contributed by atoms with Gasteiger partial charge in [0.05, 0.1) is 17.6 Å². The maximum atomic E-state index is 12.5. The third kappa shape index (κ3) is 6.93. The molecule has 0 bridgehead atoms. The zero-order valence-corrected chi connectivity index (χ0v) is 17.2. The van der Waals surface area contributed by atoms with E-state index in [0.717, 1.165) is 0 Å². The van der Waals surface area contributed by atoms with E-state index >= 15 is 0 Å². The van der Waals surface area contributed by atoms with Crippen LogP contribution < -0.4 is 5.32 Å². The number of carbonyl (C=O) groups excluding carboxylic acids is 3. The van der Waals surface area contributed by atoms with Crippen molar-refractivity contribution in [3.05, 3.63) is 29.8 Å². The number of amides is 1. The molecule has 9 nitrogen and oxygen atoms in total. The molecule has 1 amide bonds. The van der Waals surface area contributed by atoms with Crippen molar-refractivity contribution in [3.63, 3.8) is 0 Å². The van der Waals surface area contributed by atoms with E-state index in [2.05, 4.69) is 10.1 Å². The lowest BCUT2D eigenvalue weighted by Gasteiger charge is -2.21. The molecule has 0 unspecified atom stereocenters. The topological polar surface area (TPSA) is 119 Å². The van der Waals surface area contributed by atoms with Crippen molar-refractivity contribution in [2.75, 3.05) is 27.3 Å². The third-order valence-electron chi connectivity index (χ3n) is 3.92. The van der Waals surface area contributed by atoms with Gasteiger partial charge in [0, 0.05) is 26.1 Å². The Balaban J connectivity index is 2.62. The Morgan fingerprint density at radius 3 is 2.50 bits per heavy atom. The lowest BCUT2D eigenvalue weighted by Crippen LogP contribution is -2.33. The van der Waals surface area contributed by atoms with E-state index in [1.807, 2.05) is 0 Å². The van der Waals surface area contributed by atoms with Crippen molar-refractivity contribution in [3.8, 4) is 0 Å². The molecule has 0 fully saturated rings. The molecule has 0 spiro atoms. The van der Waals surface area contributed by atoms with E-state index in [-0.39, 0.29) is 35.4 Å². The Morgan fingerprint density at radius 2 is 1.89 bits per heavy atom. The van der Waals surface area contributed by atoms with Gasteiger partial charge in [-0.15, -0.1) is 0 Å². The van der Waals surface area contributed by atoms with Crippen molar-refractivity contribution in [2.45, 2.75) is 37.6 Å². The summed E-state index contributed by atoms with van der Waals surface area (Å²) in [6.07, 6.45) is 0.568. The average Bonchev–Trinajstić information content (AvgIpc) is 2.68. The molecule has 10 heteroatoms. The number of hydrogen-bond acceptors (Lipinski definition) is 7. The summed E-state index contributed by atoms with van der Waals surface area (Å²) in [4.78, 5) is 34.7. The molecule has 0 aliphatic carbocycles.